The van der Waals surface area contributed by atoms with Crippen molar-refractivity contribution >= 4 is 11.6 Å². The minimum atomic E-state index is -0.00852. The van der Waals surface area contributed by atoms with Gasteiger partial charge in [0.2, 0.25) is 0 Å². The molecule has 102 valence electrons. The van der Waals surface area contributed by atoms with Crippen LogP contribution in [0.5, 0.6) is 0 Å². The Bertz CT molecular complexity index is 476. The Kier molecular flexibility index (Phi) is 3.38. The predicted molar refractivity (Wildman–Crippen MR) is 71.7 cm³/mol. The molecule has 1 aromatic rings. The molecule has 0 unspecified atom stereocenters. The summed E-state index contributed by atoms with van der Waals surface area (Å²) in [6, 6.07) is 1.88. The molecule has 1 aromatic heterocycles. The number of morpholine rings is 1. The molecule has 2 heterocycles. The lowest BCUT2D eigenvalue weighted by atomic mass is 9.89. The quantitative estimate of drug-likeness (QED) is 0.830. The zero-order valence-electron chi connectivity index (χ0n) is 10.9. The Morgan fingerprint density at radius 1 is 1.42 bits per heavy atom. The van der Waals surface area contributed by atoms with Crippen LogP contribution in [0, 0.1) is 0 Å². The van der Waals surface area contributed by atoms with E-state index in [1.807, 2.05) is 4.90 Å². The van der Waals surface area contributed by atoms with Crippen molar-refractivity contribution in [2.24, 2.45) is 0 Å². The van der Waals surface area contributed by atoms with Gasteiger partial charge in [-0.2, -0.15) is 0 Å². The van der Waals surface area contributed by atoms with Gasteiger partial charge in [-0.1, -0.05) is 12.8 Å². The molecule has 0 radical (unpaired) electrons. The van der Waals surface area contributed by atoms with Crippen LogP contribution in [-0.2, 0) is 4.74 Å². The third kappa shape index (κ3) is 2.30. The van der Waals surface area contributed by atoms with E-state index in [1.165, 1.54) is 6.42 Å². The van der Waals surface area contributed by atoms with Crippen LogP contribution >= 0.6 is 0 Å². The molecular weight excluding hydrogens is 242 g/mol. The van der Waals surface area contributed by atoms with Gasteiger partial charge in [0.05, 0.1) is 24.3 Å². The predicted octanol–water partition coefficient (Wildman–Crippen LogP) is 1.45. The van der Waals surface area contributed by atoms with E-state index in [-0.39, 0.29) is 18.1 Å². The lowest BCUT2D eigenvalue weighted by Gasteiger charge is -2.43. The number of nitrogen functional groups attached to an aromatic ring is 1. The Labute approximate surface area is 112 Å². The molecule has 2 aliphatic rings. The summed E-state index contributed by atoms with van der Waals surface area (Å²) in [5.41, 5.74) is 6.88. The average molecular weight is 261 g/mol. The van der Waals surface area contributed by atoms with Crippen LogP contribution in [0.4, 0.5) is 5.69 Å². The maximum absolute atomic E-state index is 12.6. The third-order valence-electron chi connectivity index (χ3n) is 4.08. The van der Waals surface area contributed by atoms with E-state index in [0.717, 1.165) is 19.3 Å². The second-order valence-corrected chi connectivity index (χ2v) is 5.22. The molecule has 1 saturated heterocycles. The van der Waals surface area contributed by atoms with Crippen molar-refractivity contribution in [3.8, 4) is 0 Å². The normalized spacial score (nSPS) is 26.8. The number of pyridine rings is 1. The standard InChI is InChI=1S/C14H19N3O2/c15-11-5-6-16-9-10(11)14(18)17-7-8-19-13-4-2-1-3-12(13)17/h5-6,9,12-13H,1-4,7-8H2,(H2,15,16)/t12-,13-/m0/s1. The van der Waals surface area contributed by atoms with Crippen molar-refractivity contribution in [1.82, 2.24) is 9.88 Å². The van der Waals surface area contributed by atoms with Crippen molar-refractivity contribution in [2.45, 2.75) is 37.8 Å². The van der Waals surface area contributed by atoms with E-state index in [2.05, 4.69) is 4.98 Å². The topological polar surface area (TPSA) is 68.5 Å². The SMILES string of the molecule is Nc1ccncc1C(=O)N1CCO[C@H]2CCCC[C@@H]21. The molecule has 5 heteroatoms. The summed E-state index contributed by atoms with van der Waals surface area (Å²) in [5, 5.41) is 0. The molecule has 3 rings (SSSR count). The van der Waals surface area contributed by atoms with Gasteiger partial charge in [-0.05, 0) is 18.9 Å². The first kappa shape index (κ1) is 12.4. The maximum Gasteiger partial charge on any atom is 0.257 e. The van der Waals surface area contributed by atoms with Gasteiger partial charge in [-0.3, -0.25) is 9.78 Å². The van der Waals surface area contributed by atoms with Crippen LogP contribution in [0.1, 0.15) is 36.0 Å². The number of hydrogen-bond acceptors (Lipinski definition) is 4. The molecule has 1 amide bonds. The fourth-order valence-electron chi connectivity index (χ4n) is 3.09. The fraction of sp³-hybridized carbons (Fsp3) is 0.571. The molecule has 19 heavy (non-hydrogen) atoms. The molecule has 0 aromatic carbocycles. The molecule has 5 nitrogen and oxygen atoms in total. The number of amides is 1. The highest BCUT2D eigenvalue weighted by atomic mass is 16.5. The summed E-state index contributed by atoms with van der Waals surface area (Å²) in [6.07, 6.45) is 7.80. The first-order chi connectivity index (χ1) is 9.27. The van der Waals surface area contributed by atoms with E-state index in [4.69, 9.17) is 10.5 Å². The summed E-state index contributed by atoms with van der Waals surface area (Å²) < 4.78 is 5.79. The number of carbonyl (C=O) groups is 1. The second-order valence-electron chi connectivity index (χ2n) is 5.22. The van der Waals surface area contributed by atoms with Crippen molar-refractivity contribution in [3.63, 3.8) is 0 Å². The summed E-state index contributed by atoms with van der Waals surface area (Å²) in [7, 11) is 0. The highest BCUT2D eigenvalue weighted by Gasteiger charge is 2.37. The molecule has 2 fully saturated rings. The van der Waals surface area contributed by atoms with Gasteiger partial charge in [0, 0.05) is 24.6 Å². The number of nitrogens with zero attached hydrogens (tertiary/aromatic N) is 2. The van der Waals surface area contributed by atoms with E-state index in [1.54, 1.807) is 18.5 Å². The first-order valence-electron chi connectivity index (χ1n) is 6.89. The zero-order chi connectivity index (χ0) is 13.2. The fourth-order valence-corrected chi connectivity index (χ4v) is 3.09. The van der Waals surface area contributed by atoms with Crippen LogP contribution in [0.3, 0.4) is 0 Å². The van der Waals surface area contributed by atoms with Crippen LogP contribution in [-0.4, -0.2) is 41.1 Å². The minimum Gasteiger partial charge on any atom is -0.398 e. The number of anilines is 1. The van der Waals surface area contributed by atoms with Gasteiger partial charge in [0.1, 0.15) is 0 Å². The summed E-state index contributed by atoms with van der Waals surface area (Å²) in [5.74, 6) is -0.00852. The van der Waals surface area contributed by atoms with Crippen LogP contribution < -0.4 is 5.73 Å². The minimum absolute atomic E-state index is 0.00852. The van der Waals surface area contributed by atoms with Crippen LogP contribution in [0.2, 0.25) is 0 Å². The molecule has 0 bridgehead atoms. The highest BCUT2D eigenvalue weighted by molar-refractivity contribution is 5.99. The third-order valence-corrected chi connectivity index (χ3v) is 4.08. The van der Waals surface area contributed by atoms with Gasteiger partial charge < -0.3 is 15.4 Å². The van der Waals surface area contributed by atoms with Gasteiger partial charge in [0.25, 0.3) is 5.91 Å². The van der Waals surface area contributed by atoms with Crippen LogP contribution in [0.15, 0.2) is 18.5 Å². The van der Waals surface area contributed by atoms with Gasteiger partial charge in [-0.25, -0.2) is 0 Å². The van der Waals surface area contributed by atoms with Crippen molar-refractivity contribution < 1.29 is 9.53 Å². The molecule has 1 aliphatic carbocycles. The number of carbonyl (C=O) groups excluding carboxylic acids is 1. The van der Waals surface area contributed by atoms with Gasteiger partial charge in [0.15, 0.2) is 0 Å². The maximum atomic E-state index is 12.6. The van der Waals surface area contributed by atoms with Crippen molar-refractivity contribution in [2.75, 3.05) is 18.9 Å². The number of hydrogen-bond donors (Lipinski definition) is 1. The Hall–Kier alpha value is -1.62. The van der Waals surface area contributed by atoms with E-state index >= 15 is 0 Å². The lowest BCUT2D eigenvalue weighted by Crippen LogP contribution is -2.54. The van der Waals surface area contributed by atoms with E-state index in [0.29, 0.717) is 24.4 Å². The summed E-state index contributed by atoms with van der Waals surface area (Å²) in [6.45, 7) is 1.27. The van der Waals surface area contributed by atoms with Gasteiger partial charge >= 0.3 is 0 Å². The summed E-state index contributed by atoms with van der Waals surface area (Å²) in [4.78, 5) is 18.6. The summed E-state index contributed by atoms with van der Waals surface area (Å²) >= 11 is 0. The number of rotatable bonds is 1. The van der Waals surface area contributed by atoms with Gasteiger partial charge in [-0.15, -0.1) is 0 Å². The Morgan fingerprint density at radius 2 is 2.26 bits per heavy atom. The number of nitrogens with two attached hydrogens (primary N) is 1. The molecule has 0 spiro atoms. The van der Waals surface area contributed by atoms with Crippen molar-refractivity contribution in [1.29, 1.82) is 0 Å². The molecule has 1 aliphatic heterocycles. The van der Waals surface area contributed by atoms with Crippen LogP contribution in [0.25, 0.3) is 0 Å². The lowest BCUT2D eigenvalue weighted by molar-refractivity contribution is -0.0752. The molecule has 2 N–H and O–H groups in total. The number of ether oxygens (including phenoxy) is 1. The highest BCUT2D eigenvalue weighted by Crippen LogP contribution is 2.29. The molecule has 1 saturated carbocycles. The van der Waals surface area contributed by atoms with Crippen molar-refractivity contribution in [3.05, 3.63) is 24.0 Å². The largest absolute Gasteiger partial charge is 0.398 e. The molecule has 2 atom stereocenters. The molecular formula is C14H19N3O2. The average Bonchev–Trinajstić information content (AvgIpc) is 2.46. The first-order valence-corrected chi connectivity index (χ1v) is 6.89. The smallest absolute Gasteiger partial charge is 0.257 e. The monoisotopic (exact) mass is 261 g/mol. The number of aromatic nitrogens is 1. The Balaban J connectivity index is 1.84. The Morgan fingerprint density at radius 3 is 3.11 bits per heavy atom. The van der Waals surface area contributed by atoms with E-state index in [9.17, 15) is 4.79 Å². The zero-order valence-corrected chi connectivity index (χ0v) is 10.9. The van der Waals surface area contributed by atoms with E-state index < -0.39 is 0 Å². The second kappa shape index (κ2) is 5.17. The number of fused-ring (bicyclic) bond motifs is 1.